The third-order valence-electron chi connectivity index (χ3n) is 5.82. The molecule has 28 heavy (non-hydrogen) atoms. The van der Waals surface area contributed by atoms with Crippen LogP contribution < -0.4 is 10.2 Å². The fourth-order valence-electron chi connectivity index (χ4n) is 4.54. The topological polar surface area (TPSA) is 65.0 Å². The van der Waals surface area contributed by atoms with Crippen LogP contribution >= 0.6 is 0 Å². The highest BCUT2D eigenvalue weighted by molar-refractivity contribution is 6.17. The number of nitrogens with zero attached hydrogens (tertiary/aromatic N) is 3. The van der Waals surface area contributed by atoms with Crippen molar-refractivity contribution >= 4 is 23.7 Å². The molecule has 148 valence electrons. The molecule has 3 aliphatic rings. The van der Waals surface area contributed by atoms with Gasteiger partial charge in [-0.1, -0.05) is 18.2 Å². The predicted octanol–water partition coefficient (Wildman–Crippen LogP) is 2.60. The number of carbonyl (C=O) groups is 2. The lowest BCUT2D eigenvalue weighted by atomic mass is 9.68. The second-order valence-electron chi connectivity index (χ2n) is 8.86. The van der Waals surface area contributed by atoms with Gasteiger partial charge in [-0.15, -0.1) is 0 Å². The lowest BCUT2D eigenvalue weighted by molar-refractivity contribution is -0.142. The smallest absolute Gasteiger partial charge is 0.247 e. The molecule has 3 aliphatic heterocycles. The summed E-state index contributed by atoms with van der Waals surface area (Å²) < 4.78 is 0. The number of anilines is 1. The Morgan fingerprint density at radius 3 is 2.50 bits per heavy atom. The van der Waals surface area contributed by atoms with E-state index >= 15 is 0 Å². The molecule has 0 aliphatic carbocycles. The molecule has 1 fully saturated rings. The molecule has 1 unspecified atom stereocenters. The Labute approximate surface area is 166 Å². The summed E-state index contributed by atoms with van der Waals surface area (Å²) in [5.74, 6) is -0.376. The first-order chi connectivity index (χ1) is 13.3. The first kappa shape index (κ1) is 18.7. The Hall–Kier alpha value is -2.63. The molecule has 3 heterocycles. The minimum atomic E-state index is -1.36. The van der Waals surface area contributed by atoms with Gasteiger partial charge in [0.15, 0.2) is 5.41 Å². The van der Waals surface area contributed by atoms with Gasteiger partial charge in [0.25, 0.3) is 0 Å². The maximum atomic E-state index is 14.0. The average Bonchev–Trinajstić information content (AvgIpc) is 3.32. The highest BCUT2D eigenvalue weighted by atomic mass is 16.2. The number of amides is 2. The Morgan fingerprint density at radius 1 is 1.14 bits per heavy atom. The number of benzene rings is 1. The Bertz CT molecular complexity index is 890. The lowest BCUT2D eigenvalue weighted by Crippen LogP contribution is -2.61. The fraction of sp³-hybridized carbons (Fsp3) is 0.500. The summed E-state index contributed by atoms with van der Waals surface area (Å²) in [7, 11) is 0. The summed E-state index contributed by atoms with van der Waals surface area (Å²) in [5.41, 5.74) is 1.44. The van der Waals surface area contributed by atoms with E-state index in [-0.39, 0.29) is 11.8 Å². The van der Waals surface area contributed by atoms with E-state index in [4.69, 9.17) is 0 Å². The summed E-state index contributed by atoms with van der Waals surface area (Å²) >= 11 is 0. The van der Waals surface area contributed by atoms with E-state index in [0.717, 1.165) is 35.4 Å². The zero-order chi connectivity index (χ0) is 20.1. The number of hydrogen-bond donors (Lipinski definition) is 1. The number of aliphatic imine (C=N–C) groups is 1. The van der Waals surface area contributed by atoms with Crippen LogP contribution in [-0.4, -0.2) is 48.2 Å². The van der Waals surface area contributed by atoms with Gasteiger partial charge in [-0.25, -0.2) is 0 Å². The molecule has 1 saturated heterocycles. The zero-order valence-electron chi connectivity index (χ0n) is 17.1. The third-order valence-corrected chi connectivity index (χ3v) is 5.82. The molecular weight excluding hydrogens is 352 g/mol. The molecule has 4 rings (SSSR count). The fourth-order valence-corrected chi connectivity index (χ4v) is 4.54. The molecule has 6 heteroatoms. The number of para-hydroxylation sites is 1. The second-order valence-corrected chi connectivity index (χ2v) is 8.86. The van der Waals surface area contributed by atoms with Gasteiger partial charge in [0.1, 0.15) is 6.67 Å². The number of carbonyl (C=O) groups excluding carboxylic acids is 2. The summed E-state index contributed by atoms with van der Waals surface area (Å²) in [6, 6.07) is 7.75. The van der Waals surface area contributed by atoms with Crippen molar-refractivity contribution in [1.82, 2.24) is 10.2 Å². The minimum absolute atomic E-state index is 0.121. The van der Waals surface area contributed by atoms with Crippen molar-refractivity contribution in [2.45, 2.75) is 51.5 Å². The second kappa shape index (κ2) is 6.47. The van der Waals surface area contributed by atoms with E-state index in [1.54, 1.807) is 6.21 Å². The van der Waals surface area contributed by atoms with Gasteiger partial charge >= 0.3 is 0 Å². The number of allylic oxidation sites excluding steroid dienone is 1. The van der Waals surface area contributed by atoms with Crippen LogP contribution in [0.4, 0.5) is 5.69 Å². The summed E-state index contributed by atoms with van der Waals surface area (Å²) in [5, 5.41) is 3.10. The highest BCUT2D eigenvalue weighted by Crippen LogP contribution is 2.47. The van der Waals surface area contributed by atoms with E-state index in [9.17, 15) is 9.59 Å². The molecule has 0 aromatic heterocycles. The number of likely N-dealkylation sites (tertiary alicyclic amines) is 1. The Balaban J connectivity index is 1.98. The molecule has 0 spiro atoms. The van der Waals surface area contributed by atoms with Crippen molar-refractivity contribution in [3.05, 3.63) is 41.1 Å². The van der Waals surface area contributed by atoms with Crippen molar-refractivity contribution in [3.8, 4) is 0 Å². The number of hydrogen-bond acceptors (Lipinski definition) is 4. The first-order valence-corrected chi connectivity index (χ1v) is 9.97. The third kappa shape index (κ3) is 2.65. The van der Waals surface area contributed by atoms with Crippen molar-refractivity contribution < 1.29 is 9.59 Å². The molecule has 0 saturated carbocycles. The first-order valence-electron chi connectivity index (χ1n) is 9.97. The maximum Gasteiger partial charge on any atom is 0.247 e. The van der Waals surface area contributed by atoms with Gasteiger partial charge in [0, 0.05) is 36.1 Å². The number of rotatable bonds is 2. The molecule has 1 aromatic carbocycles. The van der Waals surface area contributed by atoms with Crippen molar-refractivity contribution in [3.63, 3.8) is 0 Å². The summed E-state index contributed by atoms with van der Waals surface area (Å²) in [4.78, 5) is 36.2. The van der Waals surface area contributed by atoms with E-state index in [0.29, 0.717) is 19.8 Å². The van der Waals surface area contributed by atoms with Crippen LogP contribution in [0.1, 0.15) is 46.1 Å². The van der Waals surface area contributed by atoms with E-state index in [2.05, 4.69) is 15.2 Å². The monoisotopic (exact) mass is 380 g/mol. The van der Waals surface area contributed by atoms with Crippen molar-refractivity contribution in [2.75, 3.05) is 24.7 Å². The van der Waals surface area contributed by atoms with Crippen molar-refractivity contribution in [2.24, 2.45) is 4.99 Å². The van der Waals surface area contributed by atoms with Gasteiger partial charge < -0.3 is 15.1 Å². The molecule has 1 aromatic rings. The molecular formula is C22H28N4O2. The van der Waals surface area contributed by atoms with Gasteiger partial charge in [-0.05, 0) is 52.2 Å². The molecule has 6 nitrogen and oxygen atoms in total. The van der Waals surface area contributed by atoms with Gasteiger partial charge in [0.2, 0.25) is 11.8 Å². The van der Waals surface area contributed by atoms with Crippen LogP contribution in [0.5, 0.6) is 0 Å². The quantitative estimate of drug-likeness (QED) is 0.802. The van der Waals surface area contributed by atoms with Crippen LogP contribution in [0.3, 0.4) is 0 Å². The van der Waals surface area contributed by atoms with Crippen LogP contribution in [0.25, 0.3) is 0 Å². The Morgan fingerprint density at radius 2 is 1.82 bits per heavy atom. The summed E-state index contributed by atoms with van der Waals surface area (Å²) in [6.07, 6.45) is 3.75. The summed E-state index contributed by atoms with van der Waals surface area (Å²) in [6.45, 7) is 9.65. The van der Waals surface area contributed by atoms with Crippen LogP contribution in [0, 0.1) is 0 Å². The van der Waals surface area contributed by atoms with E-state index in [1.807, 2.05) is 56.9 Å². The predicted molar refractivity (Wildman–Crippen MR) is 110 cm³/mol. The molecule has 2 amide bonds. The highest BCUT2D eigenvalue weighted by Gasteiger charge is 2.56. The minimum Gasteiger partial charge on any atom is -0.350 e. The SMILES string of the molecule is CC1=C2C=NCN2c2ccccc2C1(C(=O)NC(C)(C)C)C(=O)N1CCCC1. The zero-order valence-corrected chi connectivity index (χ0v) is 17.1. The normalized spacial score (nSPS) is 23.7. The largest absolute Gasteiger partial charge is 0.350 e. The van der Waals surface area contributed by atoms with Crippen LogP contribution in [-0.2, 0) is 15.0 Å². The van der Waals surface area contributed by atoms with E-state index < -0.39 is 11.0 Å². The molecule has 1 N–H and O–H groups in total. The van der Waals surface area contributed by atoms with Crippen LogP contribution in [0.2, 0.25) is 0 Å². The lowest BCUT2D eigenvalue weighted by Gasteiger charge is -2.44. The number of nitrogens with one attached hydrogen (secondary N) is 1. The maximum absolute atomic E-state index is 14.0. The number of fused-ring (bicyclic) bond motifs is 3. The molecule has 0 bridgehead atoms. The van der Waals surface area contributed by atoms with Crippen LogP contribution in [0.15, 0.2) is 40.5 Å². The molecule has 0 radical (unpaired) electrons. The van der Waals surface area contributed by atoms with Gasteiger partial charge in [-0.2, -0.15) is 0 Å². The van der Waals surface area contributed by atoms with E-state index in [1.165, 1.54) is 0 Å². The standard InChI is InChI=1S/C22H28N4O2/c1-15-18-13-23-14-26(18)17-10-6-5-9-16(17)22(15,19(27)24-21(2,3)4)20(28)25-11-7-8-12-25/h5-6,9-10,13H,7-8,11-12,14H2,1-4H3,(H,24,27). The van der Waals surface area contributed by atoms with Gasteiger partial charge in [0.05, 0.1) is 5.70 Å². The molecule has 1 atom stereocenters. The Kier molecular flexibility index (Phi) is 4.32. The average molecular weight is 380 g/mol. The van der Waals surface area contributed by atoms with Gasteiger partial charge in [-0.3, -0.25) is 14.6 Å². The van der Waals surface area contributed by atoms with Crippen molar-refractivity contribution in [1.29, 1.82) is 0 Å².